The zero-order valence-electron chi connectivity index (χ0n) is 11.8. The standard InChI is InChI=1S/C15H24N2O2/c1-3-4-13(16)11-17-15(18)10-7-12-5-8-14(19-2)9-6-12/h5-6,8-9,13H,3-4,7,10-11,16H2,1-2H3,(H,17,18). The Hall–Kier alpha value is -1.55. The highest BCUT2D eigenvalue weighted by atomic mass is 16.5. The van der Waals surface area contributed by atoms with Crippen molar-refractivity contribution >= 4 is 5.91 Å². The second kappa shape index (κ2) is 8.53. The minimum atomic E-state index is 0.0578. The summed E-state index contributed by atoms with van der Waals surface area (Å²) in [6.07, 6.45) is 3.21. The Kier molecular flexibility index (Phi) is 6.97. The fraction of sp³-hybridized carbons (Fsp3) is 0.533. The molecular formula is C15H24N2O2. The molecule has 1 atom stereocenters. The van der Waals surface area contributed by atoms with Gasteiger partial charge in [0.2, 0.25) is 5.91 Å². The van der Waals surface area contributed by atoms with Gasteiger partial charge in [0.1, 0.15) is 5.75 Å². The van der Waals surface area contributed by atoms with Crippen LogP contribution >= 0.6 is 0 Å². The van der Waals surface area contributed by atoms with Crippen LogP contribution in [0.5, 0.6) is 5.75 Å². The lowest BCUT2D eigenvalue weighted by Crippen LogP contribution is -2.37. The predicted octanol–water partition coefficient (Wildman–Crippen LogP) is 1.87. The molecule has 0 radical (unpaired) electrons. The molecule has 4 heteroatoms. The van der Waals surface area contributed by atoms with E-state index in [0.29, 0.717) is 13.0 Å². The first-order valence-electron chi connectivity index (χ1n) is 6.81. The fourth-order valence-electron chi connectivity index (χ4n) is 1.86. The van der Waals surface area contributed by atoms with E-state index in [9.17, 15) is 4.79 Å². The molecule has 1 rings (SSSR count). The van der Waals surface area contributed by atoms with E-state index in [1.165, 1.54) is 0 Å². The van der Waals surface area contributed by atoms with Gasteiger partial charge in [0.25, 0.3) is 0 Å². The molecule has 0 spiro atoms. The van der Waals surface area contributed by atoms with Crippen molar-refractivity contribution in [3.05, 3.63) is 29.8 Å². The van der Waals surface area contributed by atoms with Gasteiger partial charge in [-0.1, -0.05) is 25.5 Å². The highest BCUT2D eigenvalue weighted by Gasteiger charge is 2.05. The summed E-state index contributed by atoms with van der Waals surface area (Å²) < 4.78 is 5.09. The van der Waals surface area contributed by atoms with Crippen LogP contribution in [0.1, 0.15) is 31.7 Å². The number of methoxy groups -OCH3 is 1. The summed E-state index contributed by atoms with van der Waals surface area (Å²) in [6, 6.07) is 7.84. The number of nitrogens with one attached hydrogen (secondary N) is 1. The van der Waals surface area contributed by atoms with Crippen molar-refractivity contribution in [2.24, 2.45) is 5.73 Å². The number of carbonyl (C=O) groups is 1. The number of aryl methyl sites for hydroxylation is 1. The maximum Gasteiger partial charge on any atom is 0.220 e. The van der Waals surface area contributed by atoms with E-state index in [4.69, 9.17) is 10.5 Å². The lowest BCUT2D eigenvalue weighted by atomic mass is 10.1. The number of benzene rings is 1. The summed E-state index contributed by atoms with van der Waals surface area (Å²) in [7, 11) is 1.64. The van der Waals surface area contributed by atoms with Gasteiger partial charge < -0.3 is 15.8 Å². The monoisotopic (exact) mass is 264 g/mol. The van der Waals surface area contributed by atoms with E-state index in [2.05, 4.69) is 12.2 Å². The van der Waals surface area contributed by atoms with Crippen LogP contribution < -0.4 is 15.8 Å². The second-order valence-corrected chi connectivity index (χ2v) is 4.70. The Morgan fingerprint density at radius 3 is 2.63 bits per heavy atom. The number of carbonyl (C=O) groups excluding carboxylic acids is 1. The summed E-state index contributed by atoms with van der Waals surface area (Å²) in [5, 5.41) is 2.87. The minimum absolute atomic E-state index is 0.0578. The SMILES string of the molecule is CCCC(N)CNC(=O)CCc1ccc(OC)cc1. The number of hydrogen-bond donors (Lipinski definition) is 2. The Bertz CT molecular complexity index is 376. The maximum absolute atomic E-state index is 11.7. The summed E-state index contributed by atoms with van der Waals surface area (Å²) in [6.45, 7) is 2.65. The van der Waals surface area contributed by atoms with Crippen LogP contribution in [-0.2, 0) is 11.2 Å². The third-order valence-electron chi connectivity index (χ3n) is 3.02. The Morgan fingerprint density at radius 1 is 1.37 bits per heavy atom. The first-order chi connectivity index (χ1) is 9.15. The smallest absolute Gasteiger partial charge is 0.220 e. The van der Waals surface area contributed by atoms with Crippen molar-refractivity contribution in [1.82, 2.24) is 5.32 Å². The molecular weight excluding hydrogens is 240 g/mol. The van der Waals surface area contributed by atoms with Gasteiger partial charge in [-0.15, -0.1) is 0 Å². The second-order valence-electron chi connectivity index (χ2n) is 4.70. The zero-order valence-corrected chi connectivity index (χ0v) is 11.8. The quantitative estimate of drug-likeness (QED) is 0.753. The molecule has 0 bridgehead atoms. The normalized spacial score (nSPS) is 11.9. The molecule has 106 valence electrons. The molecule has 1 aromatic rings. The zero-order chi connectivity index (χ0) is 14.1. The molecule has 0 aromatic heterocycles. The van der Waals surface area contributed by atoms with Crippen molar-refractivity contribution in [3.8, 4) is 5.75 Å². The van der Waals surface area contributed by atoms with Crippen LogP contribution in [0, 0.1) is 0 Å². The fourth-order valence-corrected chi connectivity index (χ4v) is 1.86. The van der Waals surface area contributed by atoms with Gasteiger partial charge >= 0.3 is 0 Å². The third kappa shape index (κ3) is 6.25. The van der Waals surface area contributed by atoms with Crippen molar-refractivity contribution in [3.63, 3.8) is 0 Å². The largest absolute Gasteiger partial charge is 0.497 e. The number of ether oxygens (including phenoxy) is 1. The Balaban J connectivity index is 2.25. The van der Waals surface area contributed by atoms with Gasteiger partial charge in [-0.3, -0.25) is 4.79 Å². The average Bonchev–Trinajstić information content (AvgIpc) is 2.44. The van der Waals surface area contributed by atoms with Gasteiger partial charge in [-0.2, -0.15) is 0 Å². The third-order valence-corrected chi connectivity index (χ3v) is 3.02. The predicted molar refractivity (Wildman–Crippen MR) is 77.2 cm³/mol. The average molecular weight is 264 g/mol. The van der Waals surface area contributed by atoms with Gasteiger partial charge in [0.15, 0.2) is 0 Å². The highest BCUT2D eigenvalue weighted by molar-refractivity contribution is 5.76. The summed E-state index contributed by atoms with van der Waals surface area (Å²) in [5.41, 5.74) is 6.98. The van der Waals surface area contributed by atoms with Crippen LogP contribution in [0.25, 0.3) is 0 Å². The van der Waals surface area contributed by atoms with E-state index >= 15 is 0 Å². The lowest BCUT2D eigenvalue weighted by molar-refractivity contribution is -0.121. The van der Waals surface area contributed by atoms with Crippen molar-refractivity contribution in [1.29, 1.82) is 0 Å². The van der Waals surface area contributed by atoms with E-state index in [1.54, 1.807) is 7.11 Å². The van der Waals surface area contributed by atoms with E-state index in [-0.39, 0.29) is 11.9 Å². The first-order valence-corrected chi connectivity index (χ1v) is 6.81. The minimum Gasteiger partial charge on any atom is -0.497 e. The topological polar surface area (TPSA) is 64.3 Å². The van der Waals surface area contributed by atoms with Gasteiger partial charge in [0, 0.05) is 19.0 Å². The highest BCUT2D eigenvalue weighted by Crippen LogP contribution is 2.12. The van der Waals surface area contributed by atoms with Crippen molar-refractivity contribution in [2.75, 3.05) is 13.7 Å². The molecule has 0 aliphatic heterocycles. The molecule has 0 aliphatic carbocycles. The van der Waals surface area contributed by atoms with E-state index in [0.717, 1.165) is 30.6 Å². The molecule has 4 nitrogen and oxygen atoms in total. The van der Waals surface area contributed by atoms with Gasteiger partial charge in [-0.05, 0) is 30.5 Å². The Labute approximate surface area is 115 Å². The van der Waals surface area contributed by atoms with Crippen LogP contribution in [-0.4, -0.2) is 25.6 Å². The summed E-state index contributed by atoms with van der Waals surface area (Å²) in [5.74, 6) is 0.890. The molecule has 0 saturated heterocycles. The van der Waals surface area contributed by atoms with Gasteiger partial charge in [0.05, 0.1) is 7.11 Å². The Morgan fingerprint density at radius 2 is 2.05 bits per heavy atom. The van der Waals surface area contributed by atoms with Crippen molar-refractivity contribution in [2.45, 2.75) is 38.6 Å². The van der Waals surface area contributed by atoms with Crippen LogP contribution in [0.3, 0.4) is 0 Å². The summed E-state index contributed by atoms with van der Waals surface area (Å²) in [4.78, 5) is 11.7. The van der Waals surface area contributed by atoms with E-state index in [1.807, 2.05) is 24.3 Å². The van der Waals surface area contributed by atoms with Crippen LogP contribution in [0.2, 0.25) is 0 Å². The van der Waals surface area contributed by atoms with Crippen molar-refractivity contribution < 1.29 is 9.53 Å². The van der Waals surface area contributed by atoms with Gasteiger partial charge in [-0.25, -0.2) is 0 Å². The summed E-state index contributed by atoms with van der Waals surface area (Å²) >= 11 is 0. The number of rotatable bonds is 8. The molecule has 1 amide bonds. The molecule has 0 saturated carbocycles. The molecule has 1 aromatic carbocycles. The van der Waals surface area contributed by atoms with Crippen LogP contribution in [0.4, 0.5) is 0 Å². The molecule has 3 N–H and O–H groups in total. The molecule has 19 heavy (non-hydrogen) atoms. The molecule has 0 heterocycles. The lowest BCUT2D eigenvalue weighted by Gasteiger charge is -2.11. The van der Waals surface area contributed by atoms with E-state index < -0.39 is 0 Å². The number of hydrogen-bond acceptors (Lipinski definition) is 3. The molecule has 0 fully saturated rings. The van der Waals surface area contributed by atoms with Crippen LogP contribution in [0.15, 0.2) is 24.3 Å². The number of nitrogens with two attached hydrogens (primary N) is 1. The number of amides is 1. The molecule has 0 aliphatic rings. The molecule has 1 unspecified atom stereocenters. The first kappa shape index (κ1) is 15.5. The maximum atomic E-state index is 11.7.